The number of nitrogens with one attached hydrogen (secondary N) is 1. The highest BCUT2D eigenvalue weighted by atomic mass is 19.4. The van der Waals surface area contributed by atoms with Crippen molar-refractivity contribution in [3.63, 3.8) is 0 Å². The van der Waals surface area contributed by atoms with E-state index in [1.807, 2.05) is 0 Å². The average Bonchev–Trinajstić information content (AvgIpc) is 2.14. The van der Waals surface area contributed by atoms with Gasteiger partial charge in [-0.05, 0) is 6.92 Å². The summed E-state index contributed by atoms with van der Waals surface area (Å²) >= 11 is 0. The zero-order valence-electron chi connectivity index (χ0n) is 11.2. The highest BCUT2D eigenvalue weighted by Crippen LogP contribution is 2.40. The van der Waals surface area contributed by atoms with Crippen LogP contribution in [0.4, 0.5) is 13.2 Å². The quantitative estimate of drug-likeness (QED) is 0.776. The van der Waals surface area contributed by atoms with Crippen molar-refractivity contribution in [3.05, 3.63) is 0 Å². The lowest BCUT2D eigenvalue weighted by molar-refractivity contribution is -0.214. The SMILES string of the molecule is COCC(C)(NC(=O)CC(C)(C)C(F)(F)F)C(=O)O. The van der Waals surface area contributed by atoms with Crippen LogP contribution in [0.1, 0.15) is 27.2 Å². The van der Waals surface area contributed by atoms with Crippen molar-refractivity contribution in [2.45, 2.75) is 38.9 Å². The van der Waals surface area contributed by atoms with Gasteiger partial charge in [-0.15, -0.1) is 0 Å². The van der Waals surface area contributed by atoms with E-state index in [2.05, 4.69) is 10.1 Å². The zero-order chi connectivity index (χ0) is 15.5. The Kier molecular flexibility index (Phi) is 5.37. The van der Waals surface area contributed by atoms with Gasteiger partial charge in [0.1, 0.15) is 0 Å². The van der Waals surface area contributed by atoms with E-state index in [-0.39, 0.29) is 6.61 Å². The molecule has 19 heavy (non-hydrogen) atoms. The van der Waals surface area contributed by atoms with E-state index in [1.54, 1.807) is 0 Å². The van der Waals surface area contributed by atoms with Gasteiger partial charge in [-0.25, -0.2) is 4.79 Å². The first-order valence-electron chi connectivity index (χ1n) is 5.46. The number of ether oxygens (including phenoxy) is 1. The van der Waals surface area contributed by atoms with Gasteiger partial charge in [0.25, 0.3) is 0 Å². The van der Waals surface area contributed by atoms with Gasteiger partial charge < -0.3 is 15.2 Å². The van der Waals surface area contributed by atoms with Gasteiger partial charge in [0.05, 0.1) is 12.0 Å². The molecule has 0 aliphatic rings. The molecule has 0 aromatic rings. The van der Waals surface area contributed by atoms with Crippen LogP contribution in [0.15, 0.2) is 0 Å². The molecule has 0 bridgehead atoms. The number of aliphatic carboxylic acids is 1. The fourth-order valence-corrected chi connectivity index (χ4v) is 1.29. The van der Waals surface area contributed by atoms with E-state index in [1.165, 1.54) is 7.11 Å². The molecule has 112 valence electrons. The Balaban J connectivity index is 4.83. The molecule has 0 rings (SSSR count). The number of carbonyl (C=O) groups is 2. The molecule has 1 unspecified atom stereocenters. The number of alkyl halides is 3. The first kappa shape index (κ1) is 17.7. The molecule has 0 saturated carbocycles. The fourth-order valence-electron chi connectivity index (χ4n) is 1.29. The molecule has 0 aromatic carbocycles. The smallest absolute Gasteiger partial charge is 0.394 e. The van der Waals surface area contributed by atoms with Gasteiger partial charge in [0.2, 0.25) is 5.91 Å². The van der Waals surface area contributed by atoms with E-state index in [4.69, 9.17) is 5.11 Å². The third-order valence-electron chi connectivity index (χ3n) is 2.69. The summed E-state index contributed by atoms with van der Waals surface area (Å²) in [6.07, 6.45) is -5.41. The minimum Gasteiger partial charge on any atom is -0.479 e. The molecule has 5 nitrogen and oxygen atoms in total. The van der Waals surface area contributed by atoms with E-state index in [0.29, 0.717) is 0 Å². The fraction of sp³-hybridized carbons (Fsp3) is 0.818. The molecule has 0 aliphatic carbocycles. The van der Waals surface area contributed by atoms with Crippen LogP contribution in [0.25, 0.3) is 0 Å². The lowest BCUT2D eigenvalue weighted by Gasteiger charge is -2.30. The van der Waals surface area contributed by atoms with Crippen molar-refractivity contribution in [1.29, 1.82) is 0 Å². The topological polar surface area (TPSA) is 75.6 Å². The Morgan fingerprint density at radius 3 is 2.00 bits per heavy atom. The molecule has 0 heterocycles. The average molecular weight is 285 g/mol. The first-order chi connectivity index (χ1) is 8.35. The van der Waals surface area contributed by atoms with Crippen LogP contribution < -0.4 is 5.32 Å². The van der Waals surface area contributed by atoms with Crippen LogP contribution in [-0.2, 0) is 14.3 Å². The highest BCUT2D eigenvalue weighted by Gasteiger charge is 2.49. The summed E-state index contributed by atoms with van der Waals surface area (Å²) in [5, 5.41) is 11.0. The minimum atomic E-state index is -4.55. The van der Waals surface area contributed by atoms with E-state index in [9.17, 15) is 22.8 Å². The lowest BCUT2D eigenvalue weighted by Crippen LogP contribution is -2.56. The van der Waals surface area contributed by atoms with Crippen molar-refractivity contribution in [2.24, 2.45) is 5.41 Å². The maximum atomic E-state index is 12.6. The number of hydrogen-bond acceptors (Lipinski definition) is 3. The van der Waals surface area contributed by atoms with Crippen LogP contribution in [-0.4, -0.2) is 42.4 Å². The van der Waals surface area contributed by atoms with Crippen LogP contribution in [0.2, 0.25) is 0 Å². The van der Waals surface area contributed by atoms with E-state index < -0.39 is 35.4 Å². The van der Waals surface area contributed by atoms with Crippen LogP contribution >= 0.6 is 0 Å². The number of hydrogen-bond donors (Lipinski definition) is 2. The molecule has 0 aromatic heterocycles. The molecular weight excluding hydrogens is 267 g/mol. The van der Waals surface area contributed by atoms with Gasteiger partial charge >= 0.3 is 12.1 Å². The summed E-state index contributed by atoms with van der Waals surface area (Å²) in [5.41, 5.74) is -3.99. The summed E-state index contributed by atoms with van der Waals surface area (Å²) in [6, 6.07) is 0. The zero-order valence-corrected chi connectivity index (χ0v) is 11.2. The number of carboxylic acids is 1. The number of rotatable bonds is 6. The van der Waals surface area contributed by atoms with Gasteiger partial charge in [0.15, 0.2) is 5.54 Å². The van der Waals surface area contributed by atoms with E-state index >= 15 is 0 Å². The van der Waals surface area contributed by atoms with Crippen LogP contribution in [0, 0.1) is 5.41 Å². The molecule has 0 aliphatic heterocycles. The molecule has 0 radical (unpaired) electrons. The number of amides is 1. The van der Waals surface area contributed by atoms with E-state index in [0.717, 1.165) is 20.8 Å². The van der Waals surface area contributed by atoms with Gasteiger partial charge in [-0.1, -0.05) is 13.8 Å². The third-order valence-corrected chi connectivity index (χ3v) is 2.69. The Morgan fingerprint density at radius 1 is 1.21 bits per heavy atom. The van der Waals surface area contributed by atoms with Gasteiger partial charge in [-0.3, -0.25) is 4.79 Å². The number of halogens is 3. The molecule has 0 saturated heterocycles. The van der Waals surface area contributed by atoms with Crippen LogP contribution in [0.3, 0.4) is 0 Å². The summed E-state index contributed by atoms with van der Waals surface area (Å²) in [4.78, 5) is 22.6. The third kappa shape index (κ3) is 4.70. The van der Waals surface area contributed by atoms with Gasteiger partial charge in [0, 0.05) is 13.5 Å². The largest absolute Gasteiger partial charge is 0.479 e. The normalized spacial score (nSPS) is 15.7. The molecule has 2 N–H and O–H groups in total. The summed E-state index contributed by atoms with van der Waals surface area (Å²) in [7, 11) is 1.23. The minimum absolute atomic E-state index is 0.347. The molecule has 1 amide bonds. The number of carboxylic acid groups (broad SMARTS) is 1. The predicted molar refractivity (Wildman–Crippen MR) is 60.5 cm³/mol. The summed E-state index contributed by atoms with van der Waals surface area (Å²) < 4.78 is 42.5. The second-order valence-corrected chi connectivity index (χ2v) is 5.18. The predicted octanol–water partition coefficient (Wildman–Crippen LogP) is 1.57. The maximum Gasteiger partial charge on any atom is 0.394 e. The number of carbonyl (C=O) groups excluding carboxylic acids is 1. The van der Waals surface area contributed by atoms with Gasteiger partial charge in [-0.2, -0.15) is 13.2 Å². The summed E-state index contributed by atoms with van der Waals surface area (Å²) in [5.74, 6) is -2.38. The Bertz CT molecular complexity index is 354. The molecule has 0 fully saturated rings. The molecule has 8 heteroatoms. The molecule has 1 atom stereocenters. The maximum absolute atomic E-state index is 12.6. The molecular formula is C11H18F3NO4. The Hall–Kier alpha value is -1.31. The van der Waals surface area contributed by atoms with Crippen LogP contribution in [0.5, 0.6) is 0 Å². The number of methoxy groups -OCH3 is 1. The lowest BCUT2D eigenvalue weighted by atomic mass is 9.87. The standard InChI is InChI=1S/C11H18F3NO4/c1-9(2,11(12,13)14)5-7(16)15-10(3,6-19-4)8(17)18/h5-6H2,1-4H3,(H,15,16)(H,17,18). The molecule has 0 spiro atoms. The van der Waals surface area contributed by atoms with Crippen molar-refractivity contribution in [3.8, 4) is 0 Å². The second-order valence-electron chi connectivity index (χ2n) is 5.18. The Labute approximate surface area is 109 Å². The Morgan fingerprint density at radius 2 is 1.68 bits per heavy atom. The summed E-state index contributed by atoms with van der Waals surface area (Å²) in [6.45, 7) is 2.57. The van der Waals surface area contributed by atoms with Crippen molar-refractivity contribution >= 4 is 11.9 Å². The van der Waals surface area contributed by atoms with Crippen molar-refractivity contribution in [2.75, 3.05) is 13.7 Å². The van der Waals surface area contributed by atoms with Crippen molar-refractivity contribution < 1.29 is 32.6 Å². The monoisotopic (exact) mass is 285 g/mol. The second kappa shape index (κ2) is 5.77. The van der Waals surface area contributed by atoms with Crippen molar-refractivity contribution in [1.82, 2.24) is 5.32 Å². The first-order valence-corrected chi connectivity index (χ1v) is 5.46. The highest BCUT2D eigenvalue weighted by molar-refractivity contribution is 5.87.